The number of benzene rings is 2. The van der Waals surface area contributed by atoms with Crippen LogP contribution >= 0.6 is 27.5 Å². The van der Waals surface area contributed by atoms with Gasteiger partial charge in [-0.3, -0.25) is 4.79 Å². The second kappa shape index (κ2) is 5.72. The lowest BCUT2D eigenvalue weighted by Gasteiger charge is -2.06. The van der Waals surface area contributed by atoms with E-state index in [2.05, 4.69) is 15.9 Å². The summed E-state index contributed by atoms with van der Waals surface area (Å²) < 4.78 is 19.3. The summed E-state index contributed by atoms with van der Waals surface area (Å²) in [5.41, 5.74) is 0.357. The number of hydrogen-bond acceptors (Lipinski definition) is 2. The molecule has 0 aliphatic carbocycles. The number of ether oxygens (including phenoxy) is 1. The minimum Gasteiger partial charge on any atom is -0.497 e. The maximum absolute atomic E-state index is 13.8. The molecular weight excluding hydrogens is 335 g/mol. The van der Waals surface area contributed by atoms with Gasteiger partial charge in [0.2, 0.25) is 0 Å². The van der Waals surface area contributed by atoms with Crippen molar-refractivity contribution in [2.75, 3.05) is 7.11 Å². The van der Waals surface area contributed by atoms with Gasteiger partial charge in [-0.1, -0.05) is 11.6 Å². The molecule has 0 fully saturated rings. The van der Waals surface area contributed by atoms with Crippen LogP contribution in [-0.2, 0) is 0 Å². The highest BCUT2D eigenvalue weighted by molar-refractivity contribution is 9.10. The maximum Gasteiger partial charge on any atom is 0.196 e. The normalized spacial score (nSPS) is 10.3. The van der Waals surface area contributed by atoms with Crippen molar-refractivity contribution >= 4 is 33.3 Å². The third kappa shape index (κ3) is 2.96. The Morgan fingerprint density at radius 2 is 2.00 bits per heavy atom. The minimum absolute atomic E-state index is 0.00461. The summed E-state index contributed by atoms with van der Waals surface area (Å²) in [4.78, 5) is 12.2. The van der Waals surface area contributed by atoms with E-state index in [0.29, 0.717) is 20.8 Å². The molecule has 0 spiro atoms. The van der Waals surface area contributed by atoms with Crippen molar-refractivity contribution in [2.24, 2.45) is 0 Å². The molecule has 0 saturated carbocycles. The first-order chi connectivity index (χ1) is 9.02. The largest absolute Gasteiger partial charge is 0.497 e. The Labute approximate surface area is 123 Å². The Kier molecular flexibility index (Phi) is 4.22. The van der Waals surface area contributed by atoms with Crippen molar-refractivity contribution in [1.29, 1.82) is 0 Å². The Morgan fingerprint density at radius 1 is 1.26 bits per heavy atom. The Hall–Kier alpha value is -1.39. The highest BCUT2D eigenvalue weighted by Crippen LogP contribution is 2.25. The zero-order chi connectivity index (χ0) is 14.0. The third-order valence-electron chi connectivity index (χ3n) is 2.60. The van der Waals surface area contributed by atoms with Crippen LogP contribution in [-0.4, -0.2) is 12.9 Å². The van der Waals surface area contributed by atoms with Crippen LogP contribution in [0.15, 0.2) is 40.9 Å². The fourth-order valence-electron chi connectivity index (χ4n) is 1.60. The van der Waals surface area contributed by atoms with Gasteiger partial charge in [-0.25, -0.2) is 4.39 Å². The summed E-state index contributed by atoms with van der Waals surface area (Å²) >= 11 is 9.08. The number of methoxy groups -OCH3 is 1. The van der Waals surface area contributed by atoms with Gasteiger partial charge < -0.3 is 4.74 Å². The van der Waals surface area contributed by atoms with E-state index in [-0.39, 0.29) is 5.56 Å². The van der Waals surface area contributed by atoms with Crippen molar-refractivity contribution < 1.29 is 13.9 Å². The smallest absolute Gasteiger partial charge is 0.196 e. The van der Waals surface area contributed by atoms with Gasteiger partial charge >= 0.3 is 0 Å². The van der Waals surface area contributed by atoms with Crippen molar-refractivity contribution in [3.8, 4) is 5.75 Å². The molecule has 2 aromatic carbocycles. The fourth-order valence-corrected chi connectivity index (χ4v) is 2.10. The average Bonchev–Trinajstić information content (AvgIpc) is 2.41. The quantitative estimate of drug-likeness (QED) is 0.768. The van der Waals surface area contributed by atoms with Crippen molar-refractivity contribution in [3.05, 3.63) is 62.8 Å². The van der Waals surface area contributed by atoms with Crippen LogP contribution in [0.4, 0.5) is 4.39 Å². The molecule has 0 aliphatic heterocycles. The van der Waals surface area contributed by atoms with Crippen LogP contribution in [0, 0.1) is 5.82 Å². The molecule has 0 heterocycles. The maximum atomic E-state index is 13.8. The molecule has 0 unspecified atom stereocenters. The first-order valence-electron chi connectivity index (χ1n) is 5.36. The molecule has 0 N–H and O–H groups in total. The van der Waals surface area contributed by atoms with E-state index in [1.54, 1.807) is 24.3 Å². The van der Waals surface area contributed by atoms with Crippen LogP contribution in [0.1, 0.15) is 15.9 Å². The van der Waals surface area contributed by atoms with E-state index in [4.69, 9.17) is 16.3 Å². The van der Waals surface area contributed by atoms with E-state index < -0.39 is 11.6 Å². The standard InChI is InChI=1S/C14H9BrClFO2/c1-19-9-3-4-10(13(17)7-9)14(18)8-2-5-12(16)11(15)6-8/h2-7H,1H3. The first kappa shape index (κ1) is 14.0. The number of carbonyl (C=O) groups is 1. The molecule has 0 atom stereocenters. The van der Waals surface area contributed by atoms with E-state index in [0.717, 1.165) is 0 Å². The first-order valence-corrected chi connectivity index (χ1v) is 6.53. The summed E-state index contributed by atoms with van der Waals surface area (Å²) in [7, 11) is 1.44. The Bertz CT molecular complexity index is 643. The van der Waals surface area contributed by atoms with Crippen molar-refractivity contribution in [3.63, 3.8) is 0 Å². The minimum atomic E-state index is -0.615. The molecule has 0 aliphatic rings. The predicted octanol–water partition coefficient (Wildman–Crippen LogP) is 4.48. The number of hydrogen-bond donors (Lipinski definition) is 0. The van der Waals surface area contributed by atoms with Crippen LogP contribution in [0.25, 0.3) is 0 Å². The van der Waals surface area contributed by atoms with E-state index in [1.165, 1.54) is 19.2 Å². The molecular formula is C14H9BrClFO2. The lowest BCUT2D eigenvalue weighted by Crippen LogP contribution is -2.04. The zero-order valence-electron chi connectivity index (χ0n) is 9.91. The van der Waals surface area contributed by atoms with Gasteiger partial charge in [0.25, 0.3) is 0 Å². The predicted molar refractivity (Wildman–Crippen MR) is 75.5 cm³/mol. The zero-order valence-corrected chi connectivity index (χ0v) is 12.3. The van der Waals surface area contributed by atoms with Crippen molar-refractivity contribution in [1.82, 2.24) is 0 Å². The molecule has 2 nitrogen and oxygen atoms in total. The number of rotatable bonds is 3. The lowest BCUT2D eigenvalue weighted by molar-refractivity contribution is 0.103. The molecule has 0 saturated heterocycles. The topological polar surface area (TPSA) is 26.3 Å². The van der Waals surface area contributed by atoms with E-state index in [1.807, 2.05) is 0 Å². The summed E-state index contributed by atoms with van der Waals surface area (Å²) in [5, 5.41) is 0.492. The van der Waals surface area contributed by atoms with Gasteiger partial charge in [-0.15, -0.1) is 0 Å². The van der Waals surface area contributed by atoms with Gasteiger partial charge in [0.1, 0.15) is 11.6 Å². The Balaban J connectivity index is 2.41. The summed E-state index contributed by atoms with van der Waals surface area (Å²) in [5.74, 6) is -0.653. The SMILES string of the molecule is COc1ccc(C(=O)c2ccc(Cl)c(Br)c2)c(F)c1. The molecule has 19 heavy (non-hydrogen) atoms. The summed E-state index contributed by atoms with van der Waals surface area (Å²) in [6.45, 7) is 0. The third-order valence-corrected chi connectivity index (χ3v) is 3.82. The van der Waals surface area contributed by atoms with E-state index >= 15 is 0 Å². The van der Waals surface area contributed by atoms with Crippen LogP contribution in [0.5, 0.6) is 5.75 Å². The van der Waals surface area contributed by atoms with Crippen LogP contribution in [0.3, 0.4) is 0 Å². The number of halogens is 3. The van der Waals surface area contributed by atoms with Gasteiger partial charge in [-0.05, 0) is 46.3 Å². The molecule has 5 heteroatoms. The number of carbonyl (C=O) groups excluding carboxylic acids is 1. The molecule has 0 radical (unpaired) electrons. The van der Waals surface area contributed by atoms with Gasteiger partial charge in [0.15, 0.2) is 5.78 Å². The monoisotopic (exact) mass is 342 g/mol. The lowest BCUT2D eigenvalue weighted by atomic mass is 10.0. The summed E-state index contributed by atoms with van der Waals surface area (Å²) in [6, 6.07) is 8.83. The highest BCUT2D eigenvalue weighted by atomic mass is 79.9. The molecule has 0 bridgehead atoms. The highest BCUT2D eigenvalue weighted by Gasteiger charge is 2.15. The molecule has 98 valence electrons. The van der Waals surface area contributed by atoms with Gasteiger partial charge in [0.05, 0.1) is 17.7 Å². The van der Waals surface area contributed by atoms with Crippen molar-refractivity contribution in [2.45, 2.75) is 0 Å². The van der Waals surface area contributed by atoms with Gasteiger partial charge in [0, 0.05) is 16.1 Å². The van der Waals surface area contributed by atoms with Crippen LogP contribution in [0.2, 0.25) is 5.02 Å². The Morgan fingerprint density at radius 3 is 2.58 bits per heavy atom. The summed E-state index contributed by atoms with van der Waals surface area (Å²) in [6.07, 6.45) is 0. The fraction of sp³-hybridized carbons (Fsp3) is 0.0714. The molecule has 2 aromatic rings. The molecule has 0 aromatic heterocycles. The number of ketones is 1. The van der Waals surface area contributed by atoms with Gasteiger partial charge in [-0.2, -0.15) is 0 Å². The second-order valence-corrected chi connectivity index (χ2v) is 5.07. The van der Waals surface area contributed by atoms with Crippen LogP contribution < -0.4 is 4.74 Å². The molecule has 0 amide bonds. The second-order valence-electron chi connectivity index (χ2n) is 3.80. The molecule has 2 rings (SSSR count). The van der Waals surface area contributed by atoms with E-state index in [9.17, 15) is 9.18 Å². The average molecular weight is 344 g/mol.